The fourth-order valence-corrected chi connectivity index (χ4v) is 4.58. The second kappa shape index (κ2) is 9.60. The van der Waals surface area contributed by atoms with Crippen LogP contribution in [-0.2, 0) is 10.2 Å². The normalized spacial score (nSPS) is 15.5. The molecule has 0 radical (unpaired) electrons. The Hall–Kier alpha value is -3.08. The lowest BCUT2D eigenvalue weighted by Crippen LogP contribution is -2.42. The van der Waals surface area contributed by atoms with Crippen molar-refractivity contribution in [3.8, 4) is 11.5 Å². The van der Waals surface area contributed by atoms with Gasteiger partial charge in [0.1, 0.15) is 17.0 Å². The summed E-state index contributed by atoms with van der Waals surface area (Å²) in [6.45, 7) is 4.86. The molecule has 1 saturated carbocycles. The van der Waals surface area contributed by atoms with Crippen molar-refractivity contribution < 1.29 is 14.3 Å². The minimum absolute atomic E-state index is 0.0448. The van der Waals surface area contributed by atoms with E-state index in [-0.39, 0.29) is 5.91 Å². The van der Waals surface area contributed by atoms with Gasteiger partial charge in [-0.25, -0.2) is 0 Å². The van der Waals surface area contributed by atoms with Gasteiger partial charge in [0.2, 0.25) is 5.91 Å². The van der Waals surface area contributed by atoms with E-state index in [2.05, 4.69) is 24.1 Å². The number of anilines is 1. The van der Waals surface area contributed by atoms with Crippen molar-refractivity contribution in [3.63, 3.8) is 0 Å². The van der Waals surface area contributed by atoms with E-state index < -0.39 is 5.41 Å². The number of methoxy groups -OCH3 is 1. The van der Waals surface area contributed by atoms with E-state index in [0.29, 0.717) is 12.5 Å². The molecule has 0 spiro atoms. The van der Waals surface area contributed by atoms with Crippen molar-refractivity contribution in [2.45, 2.75) is 51.4 Å². The molecule has 1 aromatic heterocycles. The summed E-state index contributed by atoms with van der Waals surface area (Å²) in [5, 5.41) is 4.14. The number of amides is 1. The average molecular weight is 433 g/mol. The van der Waals surface area contributed by atoms with Gasteiger partial charge in [-0.1, -0.05) is 45.2 Å². The number of pyridine rings is 1. The molecular weight excluding hydrogens is 400 g/mol. The lowest BCUT2D eigenvalue weighted by atomic mass is 9.68. The van der Waals surface area contributed by atoms with Crippen LogP contribution in [-0.4, -0.2) is 24.6 Å². The third-order valence-corrected chi connectivity index (χ3v) is 6.34. The average Bonchev–Trinajstić information content (AvgIpc) is 2.84. The van der Waals surface area contributed by atoms with Crippen molar-refractivity contribution in [1.29, 1.82) is 0 Å². The third kappa shape index (κ3) is 4.43. The Bertz CT molecular complexity index is 1070. The maximum Gasteiger partial charge on any atom is 0.235 e. The monoisotopic (exact) mass is 432 g/mol. The Balaban J connectivity index is 1.67. The topological polar surface area (TPSA) is 60.5 Å². The van der Waals surface area contributed by atoms with Gasteiger partial charge in [0.05, 0.1) is 24.8 Å². The lowest BCUT2D eigenvalue weighted by molar-refractivity contribution is -0.122. The predicted molar refractivity (Wildman–Crippen MR) is 128 cm³/mol. The van der Waals surface area contributed by atoms with Crippen LogP contribution >= 0.6 is 0 Å². The van der Waals surface area contributed by atoms with Crippen LogP contribution in [0.1, 0.15) is 51.5 Å². The Morgan fingerprint density at radius 3 is 2.50 bits per heavy atom. The predicted octanol–water partition coefficient (Wildman–Crippen LogP) is 6.12. The molecule has 0 aliphatic heterocycles. The van der Waals surface area contributed by atoms with E-state index in [0.717, 1.165) is 59.3 Å². The lowest BCUT2D eigenvalue weighted by Gasteiger charge is -2.36. The van der Waals surface area contributed by atoms with Crippen LogP contribution in [0.4, 0.5) is 5.69 Å². The molecule has 1 aliphatic rings. The molecule has 1 fully saturated rings. The van der Waals surface area contributed by atoms with E-state index in [4.69, 9.17) is 9.47 Å². The van der Waals surface area contributed by atoms with Crippen LogP contribution in [0.15, 0.2) is 54.7 Å². The van der Waals surface area contributed by atoms with Crippen LogP contribution in [0.5, 0.6) is 11.5 Å². The number of hydrogen-bond donors (Lipinski definition) is 1. The number of carbonyl (C=O) groups is 1. The Labute approximate surface area is 190 Å². The van der Waals surface area contributed by atoms with Crippen molar-refractivity contribution >= 4 is 22.5 Å². The standard InChI is InChI=1S/C27H32N2O3/c1-19(2)18-32-24-14-13-23(22-8-7-17-28-25(22)24)29-26(30)27(15-5-4-6-16-27)20-9-11-21(31-3)12-10-20/h7-14,17,19H,4-6,15-16,18H2,1-3H3,(H,29,30). The zero-order chi connectivity index (χ0) is 22.6. The zero-order valence-electron chi connectivity index (χ0n) is 19.2. The maximum absolute atomic E-state index is 13.8. The number of aromatic nitrogens is 1. The summed E-state index contributed by atoms with van der Waals surface area (Å²) in [4.78, 5) is 18.3. The van der Waals surface area contributed by atoms with Gasteiger partial charge in [-0.05, 0) is 60.7 Å². The molecule has 4 rings (SSSR count). The molecular formula is C27H32N2O3. The first-order chi connectivity index (χ1) is 15.5. The number of rotatable bonds is 7. The van der Waals surface area contributed by atoms with Gasteiger partial charge < -0.3 is 14.8 Å². The van der Waals surface area contributed by atoms with Gasteiger partial charge in [-0.15, -0.1) is 0 Å². The number of carbonyl (C=O) groups excluding carboxylic acids is 1. The van der Waals surface area contributed by atoms with E-state index in [9.17, 15) is 4.79 Å². The molecule has 1 N–H and O–H groups in total. The highest BCUT2D eigenvalue weighted by atomic mass is 16.5. The van der Waals surface area contributed by atoms with Crippen molar-refractivity contribution in [2.75, 3.05) is 19.0 Å². The fraction of sp³-hybridized carbons (Fsp3) is 0.407. The second-order valence-corrected chi connectivity index (χ2v) is 9.04. The van der Waals surface area contributed by atoms with Gasteiger partial charge in [0, 0.05) is 11.6 Å². The zero-order valence-corrected chi connectivity index (χ0v) is 19.2. The van der Waals surface area contributed by atoms with E-state index in [1.807, 2.05) is 48.5 Å². The Morgan fingerprint density at radius 2 is 1.81 bits per heavy atom. The fourth-order valence-electron chi connectivity index (χ4n) is 4.58. The van der Waals surface area contributed by atoms with Gasteiger partial charge >= 0.3 is 0 Å². The molecule has 1 amide bonds. The number of fused-ring (bicyclic) bond motifs is 1. The van der Waals surface area contributed by atoms with Crippen molar-refractivity contribution in [1.82, 2.24) is 4.98 Å². The van der Waals surface area contributed by atoms with Crippen LogP contribution in [0.2, 0.25) is 0 Å². The molecule has 32 heavy (non-hydrogen) atoms. The van der Waals surface area contributed by atoms with Crippen LogP contribution in [0.3, 0.4) is 0 Å². The molecule has 0 unspecified atom stereocenters. The smallest absolute Gasteiger partial charge is 0.235 e. The number of benzene rings is 2. The van der Waals surface area contributed by atoms with E-state index in [1.54, 1.807) is 13.3 Å². The van der Waals surface area contributed by atoms with Crippen molar-refractivity contribution in [2.24, 2.45) is 5.92 Å². The van der Waals surface area contributed by atoms with Crippen LogP contribution < -0.4 is 14.8 Å². The highest BCUT2D eigenvalue weighted by Crippen LogP contribution is 2.41. The number of nitrogens with one attached hydrogen (secondary N) is 1. The first-order valence-corrected chi connectivity index (χ1v) is 11.5. The van der Waals surface area contributed by atoms with Gasteiger partial charge in [0.25, 0.3) is 0 Å². The molecule has 5 heteroatoms. The summed E-state index contributed by atoms with van der Waals surface area (Å²) in [6.07, 6.45) is 6.71. The van der Waals surface area contributed by atoms with Gasteiger partial charge in [0.15, 0.2) is 0 Å². The number of hydrogen-bond acceptors (Lipinski definition) is 4. The molecule has 2 aromatic carbocycles. The quantitative estimate of drug-likeness (QED) is 0.489. The van der Waals surface area contributed by atoms with E-state index in [1.165, 1.54) is 6.42 Å². The molecule has 1 aliphatic carbocycles. The Morgan fingerprint density at radius 1 is 1.06 bits per heavy atom. The molecule has 0 saturated heterocycles. The first kappa shape index (κ1) is 22.1. The van der Waals surface area contributed by atoms with Crippen molar-refractivity contribution in [3.05, 3.63) is 60.3 Å². The van der Waals surface area contributed by atoms with Gasteiger partial charge in [-0.2, -0.15) is 0 Å². The van der Waals surface area contributed by atoms with E-state index >= 15 is 0 Å². The SMILES string of the molecule is COc1ccc(C2(C(=O)Nc3ccc(OCC(C)C)c4ncccc34)CCCCC2)cc1. The first-order valence-electron chi connectivity index (χ1n) is 11.5. The second-order valence-electron chi connectivity index (χ2n) is 9.04. The summed E-state index contributed by atoms with van der Waals surface area (Å²) >= 11 is 0. The number of ether oxygens (including phenoxy) is 2. The molecule has 0 atom stereocenters. The minimum Gasteiger partial charge on any atom is -0.497 e. The summed E-state index contributed by atoms with van der Waals surface area (Å²) in [5.41, 5.74) is 2.06. The summed E-state index contributed by atoms with van der Waals surface area (Å²) in [7, 11) is 1.66. The molecule has 3 aromatic rings. The van der Waals surface area contributed by atoms with Crippen LogP contribution in [0, 0.1) is 5.92 Å². The summed E-state index contributed by atoms with van der Waals surface area (Å²) < 4.78 is 11.3. The summed E-state index contributed by atoms with van der Waals surface area (Å²) in [6, 6.07) is 15.7. The molecule has 1 heterocycles. The number of nitrogens with zero attached hydrogens (tertiary/aromatic N) is 1. The van der Waals surface area contributed by atoms with Crippen LogP contribution in [0.25, 0.3) is 10.9 Å². The highest BCUT2D eigenvalue weighted by Gasteiger charge is 2.41. The molecule has 168 valence electrons. The molecule has 5 nitrogen and oxygen atoms in total. The molecule has 0 bridgehead atoms. The Kier molecular flexibility index (Phi) is 6.63. The summed E-state index contributed by atoms with van der Waals surface area (Å²) in [5.74, 6) is 2.01. The third-order valence-electron chi connectivity index (χ3n) is 6.34. The maximum atomic E-state index is 13.8. The van der Waals surface area contributed by atoms with Gasteiger partial charge in [-0.3, -0.25) is 9.78 Å². The minimum atomic E-state index is -0.536. The highest BCUT2D eigenvalue weighted by molar-refractivity contribution is 6.06. The largest absolute Gasteiger partial charge is 0.497 e.